The molecule has 0 radical (unpaired) electrons. The number of ether oxygens (including phenoxy) is 1. The number of nitrogens with zero attached hydrogens (tertiary/aromatic N) is 3. The third-order valence-electron chi connectivity index (χ3n) is 3.13. The summed E-state index contributed by atoms with van der Waals surface area (Å²) in [5, 5.41) is 8.71. The van der Waals surface area contributed by atoms with Crippen molar-refractivity contribution in [3.05, 3.63) is 40.2 Å². The van der Waals surface area contributed by atoms with Gasteiger partial charge in [-0.05, 0) is 43.5 Å². The van der Waals surface area contributed by atoms with Crippen LogP contribution in [0, 0.1) is 13.8 Å². The molecular weight excluding hydrogens is 262 g/mol. The first-order valence-corrected chi connectivity index (χ1v) is 6.65. The molecule has 0 spiro atoms. The standard InChI is InChI=1S/C14H18ClN3O/c1-9(2)12-5-13(15)7-14(6-12)19-8-18-11(4)10(3)16-17-18/h5-7,9H,8H2,1-4H3. The summed E-state index contributed by atoms with van der Waals surface area (Å²) in [6, 6.07) is 5.78. The van der Waals surface area contributed by atoms with Crippen LogP contribution in [0.5, 0.6) is 5.75 Å². The molecule has 102 valence electrons. The minimum absolute atomic E-state index is 0.338. The highest BCUT2D eigenvalue weighted by Crippen LogP contribution is 2.26. The van der Waals surface area contributed by atoms with Crippen LogP contribution in [0.1, 0.15) is 36.7 Å². The highest BCUT2D eigenvalue weighted by Gasteiger charge is 2.07. The second-order valence-corrected chi connectivity index (χ2v) is 5.34. The smallest absolute Gasteiger partial charge is 0.182 e. The van der Waals surface area contributed by atoms with E-state index < -0.39 is 0 Å². The molecule has 1 aromatic heterocycles. The summed E-state index contributed by atoms with van der Waals surface area (Å²) in [5.74, 6) is 1.17. The molecular formula is C14H18ClN3O. The van der Waals surface area contributed by atoms with E-state index in [9.17, 15) is 0 Å². The molecule has 0 saturated carbocycles. The molecule has 0 fully saturated rings. The number of hydrogen-bond donors (Lipinski definition) is 0. The molecule has 4 nitrogen and oxygen atoms in total. The Morgan fingerprint density at radius 3 is 2.58 bits per heavy atom. The molecule has 0 aliphatic heterocycles. The van der Waals surface area contributed by atoms with Gasteiger partial charge in [-0.2, -0.15) is 0 Å². The van der Waals surface area contributed by atoms with Crippen molar-refractivity contribution in [1.29, 1.82) is 0 Å². The topological polar surface area (TPSA) is 39.9 Å². The lowest BCUT2D eigenvalue weighted by Gasteiger charge is -2.11. The molecule has 0 aliphatic rings. The van der Waals surface area contributed by atoms with Crippen LogP contribution in [0.3, 0.4) is 0 Å². The van der Waals surface area contributed by atoms with E-state index in [1.165, 1.54) is 0 Å². The predicted octanol–water partition coefficient (Wildman–Crippen LogP) is 3.71. The van der Waals surface area contributed by atoms with Crippen LogP contribution in [0.2, 0.25) is 5.02 Å². The third kappa shape index (κ3) is 3.26. The fraction of sp³-hybridized carbons (Fsp3) is 0.429. The normalized spacial score (nSPS) is 11.1. The number of aromatic nitrogens is 3. The van der Waals surface area contributed by atoms with Gasteiger partial charge in [0.05, 0.1) is 11.4 Å². The van der Waals surface area contributed by atoms with Crippen molar-refractivity contribution in [2.24, 2.45) is 0 Å². The van der Waals surface area contributed by atoms with E-state index in [4.69, 9.17) is 16.3 Å². The summed E-state index contributed by atoms with van der Waals surface area (Å²) in [7, 11) is 0. The fourth-order valence-corrected chi connectivity index (χ4v) is 1.94. The van der Waals surface area contributed by atoms with Gasteiger partial charge in [-0.15, -0.1) is 5.10 Å². The Bertz CT molecular complexity index is 578. The first-order valence-electron chi connectivity index (χ1n) is 6.27. The third-order valence-corrected chi connectivity index (χ3v) is 3.35. The van der Waals surface area contributed by atoms with Gasteiger partial charge < -0.3 is 4.74 Å². The van der Waals surface area contributed by atoms with E-state index in [-0.39, 0.29) is 0 Å². The molecule has 0 atom stereocenters. The van der Waals surface area contributed by atoms with Crippen molar-refractivity contribution < 1.29 is 4.74 Å². The first-order chi connectivity index (χ1) is 8.97. The molecule has 0 saturated heterocycles. The highest BCUT2D eigenvalue weighted by molar-refractivity contribution is 6.30. The first kappa shape index (κ1) is 13.9. The van der Waals surface area contributed by atoms with Gasteiger partial charge in [0.1, 0.15) is 5.75 Å². The van der Waals surface area contributed by atoms with Gasteiger partial charge in [-0.1, -0.05) is 30.7 Å². The maximum Gasteiger partial charge on any atom is 0.182 e. The lowest BCUT2D eigenvalue weighted by Crippen LogP contribution is -2.09. The van der Waals surface area contributed by atoms with E-state index in [2.05, 4.69) is 24.2 Å². The molecule has 0 unspecified atom stereocenters. The zero-order valence-corrected chi connectivity index (χ0v) is 12.4. The van der Waals surface area contributed by atoms with Crippen molar-refractivity contribution in [1.82, 2.24) is 15.0 Å². The van der Waals surface area contributed by atoms with E-state index >= 15 is 0 Å². The molecule has 0 N–H and O–H groups in total. The van der Waals surface area contributed by atoms with Crippen LogP contribution in [0.4, 0.5) is 0 Å². The monoisotopic (exact) mass is 279 g/mol. The van der Waals surface area contributed by atoms with Crippen LogP contribution in [-0.2, 0) is 6.73 Å². The molecule has 0 amide bonds. The van der Waals surface area contributed by atoms with Crippen molar-refractivity contribution >= 4 is 11.6 Å². The van der Waals surface area contributed by atoms with Crippen molar-refractivity contribution in [2.75, 3.05) is 0 Å². The minimum atomic E-state index is 0.338. The van der Waals surface area contributed by atoms with Crippen LogP contribution >= 0.6 is 11.6 Å². The van der Waals surface area contributed by atoms with Gasteiger partial charge in [0, 0.05) is 5.02 Å². The number of hydrogen-bond acceptors (Lipinski definition) is 3. The van der Waals surface area contributed by atoms with Crippen LogP contribution in [0.15, 0.2) is 18.2 Å². The zero-order chi connectivity index (χ0) is 14.0. The van der Waals surface area contributed by atoms with Crippen molar-refractivity contribution in [2.45, 2.75) is 40.3 Å². The average molecular weight is 280 g/mol. The Balaban J connectivity index is 2.13. The van der Waals surface area contributed by atoms with E-state index in [0.717, 1.165) is 22.7 Å². The second kappa shape index (κ2) is 5.61. The summed E-state index contributed by atoms with van der Waals surface area (Å²) < 4.78 is 7.46. The SMILES string of the molecule is Cc1nnn(COc2cc(Cl)cc(C(C)C)c2)c1C. The molecule has 2 aromatic rings. The summed E-state index contributed by atoms with van der Waals surface area (Å²) in [6.45, 7) is 8.48. The number of aryl methyl sites for hydroxylation is 1. The van der Waals surface area contributed by atoms with Crippen molar-refractivity contribution in [3.8, 4) is 5.75 Å². The number of benzene rings is 1. The van der Waals surface area contributed by atoms with Crippen molar-refractivity contribution in [3.63, 3.8) is 0 Å². The number of halogens is 1. The Kier molecular flexibility index (Phi) is 4.10. The lowest BCUT2D eigenvalue weighted by molar-refractivity contribution is 0.215. The van der Waals surface area contributed by atoms with Gasteiger partial charge in [-0.25, -0.2) is 4.68 Å². The summed E-state index contributed by atoms with van der Waals surface area (Å²) in [5.41, 5.74) is 3.08. The van der Waals surface area contributed by atoms with E-state index in [0.29, 0.717) is 17.7 Å². The van der Waals surface area contributed by atoms with Gasteiger partial charge >= 0.3 is 0 Å². The summed E-state index contributed by atoms with van der Waals surface area (Å²) in [4.78, 5) is 0. The Morgan fingerprint density at radius 2 is 2.00 bits per heavy atom. The average Bonchev–Trinajstić information content (AvgIpc) is 2.67. The van der Waals surface area contributed by atoms with Gasteiger partial charge in [0.25, 0.3) is 0 Å². The molecule has 2 rings (SSSR count). The lowest BCUT2D eigenvalue weighted by atomic mass is 10.0. The van der Waals surface area contributed by atoms with E-state index in [1.54, 1.807) is 4.68 Å². The van der Waals surface area contributed by atoms with Gasteiger partial charge in [0.2, 0.25) is 0 Å². The predicted molar refractivity (Wildman–Crippen MR) is 75.7 cm³/mol. The zero-order valence-electron chi connectivity index (χ0n) is 11.6. The molecule has 5 heteroatoms. The molecule has 0 bridgehead atoms. The number of rotatable bonds is 4. The second-order valence-electron chi connectivity index (χ2n) is 4.91. The largest absolute Gasteiger partial charge is 0.471 e. The fourth-order valence-electron chi connectivity index (χ4n) is 1.71. The quantitative estimate of drug-likeness (QED) is 0.856. The Labute approximate surface area is 118 Å². The van der Waals surface area contributed by atoms with E-state index in [1.807, 2.05) is 32.0 Å². The highest BCUT2D eigenvalue weighted by atomic mass is 35.5. The maximum atomic E-state index is 6.10. The maximum absolute atomic E-state index is 6.10. The summed E-state index contributed by atoms with van der Waals surface area (Å²) >= 11 is 6.10. The van der Waals surface area contributed by atoms with Crippen LogP contribution in [0.25, 0.3) is 0 Å². The van der Waals surface area contributed by atoms with Crippen LogP contribution in [-0.4, -0.2) is 15.0 Å². The molecule has 0 aliphatic carbocycles. The van der Waals surface area contributed by atoms with Gasteiger partial charge in [0.15, 0.2) is 6.73 Å². The molecule has 1 aromatic carbocycles. The Hall–Kier alpha value is -1.55. The molecule has 19 heavy (non-hydrogen) atoms. The Morgan fingerprint density at radius 1 is 1.26 bits per heavy atom. The molecule has 1 heterocycles. The van der Waals surface area contributed by atoms with Gasteiger partial charge in [-0.3, -0.25) is 0 Å². The summed E-state index contributed by atoms with van der Waals surface area (Å²) in [6.07, 6.45) is 0. The van der Waals surface area contributed by atoms with Crippen LogP contribution < -0.4 is 4.74 Å². The minimum Gasteiger partial charge on any atom is -0.471 e.